The van der Waals surface area contributed by atoms with Crippen LogP contribution in [0, 0.1) is 28.6 Å². The maximum atomic E-state index is 14.0. The van der Waals surface area contributed by atoms with Crippen LogP contribution in [0.5, 0.6) is 0 Å². The van der Waals surface area contributed by atoms with Gasteiger partial charge >= 0.3 is 29.8 Å². The number of esters is 5. The number of hydrogen-bond acceptors (Lipinski definition) is 16. The summed E-state index contributed by atoms with van der Waals surface area (Å²) in [7, 11) is 2.56. The van der Waals surface area contributed by atoms with Crippen LogP contribution < -0.4 is 0 Å². The number of fused-ring (bicyclic) bond motifs is 1. The van der Waals surface area contributed by atoms with E-state index in [1.165, 1.54) is 26.6 Å². The maximum absolute atomic E-state index is 14.0. The third-order valence-corrected chi connectivity index (χ3v) is 12.2. The Hall–Kier alpha value is -4.28. The normalized spacial score (nSPS) is 34.3. The van der Waals surface area contributed by atoms with Crippen LogP contribution in [0.4, 0.5) is 0 Å². The van der Waals surface area contributed by atoms with E-state index < -0.39 is 120 Å². The molecule has 1 saturated heterocycles. The van der Waals surface area contributed by atoms with Crippen molar-refractivity contribution in [1.29, 1.82) is 0 Å². The zero-order chi connectivity index (χ0) is 41.0. The predicted octanol–water partition coefficient (Wildman–Crippen LogP) is 2.95. The fourth-order valence-corrected chi connectivity index (χ4v) is 9.46. The van der Waals surface area contributed by atoms with Crippen LogP contribution in [0.15, 0.2) is 34.2 Å². The number of furan rings is 1. The Morgan fingerprint density at radius 1 is 1.09 bits per heavy atom. The minimum absolute atomic E-state index is 0.0858. The first-order chi connectivity index (χ1) is 25.8. The molecule has 3 aliphatic rings. The summed E-state index contributed by atoms with van der Waals surface area (Å²) in [6.07, 6.45) is -4.86. The number of aliphatic hydroxyl groups is 2. The fourth-order valence-electron chi connectivity index (χ4n) is 9.46. The molecule has 2 unspecified atom stereocenters. The third-order valence-electron chi connectivity index (χ3n) is 12.2. The minimum Gasteiger partial charge on any atom is -0.472 e. The Balaban J connectivity index is 2.18. The van der Waals surface area contributed by atoms with Crippen molar-refractivity contribution in [2.75, 3.05) is 27.4 Å². The number of methoxy groups -OCH3 is 2. The second-order valence-corrected chi connectivity index (χ2v) is 15.4. The summed E-state index contributed by atoms with van der Waals surface area (Å²) >= 11 is 0. The van der Waals surface area contributed by atoms with Gasteiger partial charge in [0.05, 0.1) is 45.2 Å². The van der Waals surface area contributed by atoms with Crippen LogP contribution in [-0.4, -0.2) is 110 Å². The number of hydrogen-bond donors (Lipinski definition) is 2. The Kier molecular flexibility index (Phi) is 13.6. The Morgan fingerprint density at radius 3 is 2.33 bits per heavy atom. The van der Waals surface area contributed by atoms with E-state index in [1.54, 1.807) is 33.8 Å². The monoisotopic (exact) mass is 778 g/mol. The molecule has 1 aliphatic heterocycles. The van der Waals surface area contributed by atoms with Crippen molar-refractivity contribution in [3.63, 3.8) is 0 Å². The average Bonchev–Trinajstić information content (AvgIpc) is 3.74. The van der Waals surface area contributed by atoms with E-state index in [0.29, 0.717) is 23.1 Å². The lowest BCUT2D eigenvalue weighted by atomic mass is 9.50. The number of carbonyl (C=O) groups is 6. The van der Waals surface area contributed by atoms with E-state index in [9.17, 15) is 39.0 Å². The molecule has 1 aromatic rings. The molecular weight excluding hydrogens is 724 g/mol. The number of carbonyl (C=O) groups excluding carboxylic acids is 6. The molecule has 12 atom stereocenters. The molecule has 16 heteroatoms. The second kappa shape index (κ2) is 17.2. The van der Waals surface area contributed by atoms with Crippen LogP contribution >= 0.6 is 0 Å². The van der Waals surface area contributed by atoms with E-state index >= 15 is 0 Å². The minimum atomic E-state index is -1.82. The predicted molar refractivity (Wildman–Crippen MR) is 188 cm³/mol. The number of aliphatic hydroxyl groups excluding tert-OH is 2. The molecule has 0 amide bonds. The van der Waals surface area contributed by atoms with Crippen LogP contribution in [0.3, 0.4) is 0 Å². The summed E-state index contributed by atoms with van der Waals surface area (Å²) in [4.78, 5) is 78.9. The highest BCUT2D eigenvalue weighted by molar-refractivity contribution is 5.76. The largest absolute Gasteiger partial charge is 0.472 e. The summed E-state index contributed by atoms with van der Waals surface area (Å²) in [6.45, 7) is 9.95. The van der Waals surface area contributed by atoms with Crippen molar-refractivity contribution < 1.29 is 76.6 Å². The van der Waals surface area contributed by atoms with Crippen molar-refractivity contribution in [2.24, 2.45) is 28.6 Å². The van der Waals surface area contributed by atoms with Gasteiger partial charge in [-0.3, -0.25) is 24.0 Å². The van der Waals surface area contributed by atoms with Crippen LogP contribution in [0.2, 0.25) is 0 Å². The van der Waals surface area contributed by atoms with Crippen molar-refractivity contribution in [2.45, 2.75) is 116 Å². The first-order valence-corrected chi connectivity index (χ1v) is 18.3. The van der Waals surface area contributed by atoms with Gasteiger partial charge in [0.1, 0.15) is 30.5 Å². The van der Waals surface area contributed by atoms with Gasteiger partial charge in [0.15, 0.2) is 6.10 Å². The third kappa shape index (κ3) is 8.17. The highest BCUT2D eigenvalue weighted by Gasteiger charge is 2.70. The Bertz CT molecular complexity index is 1620. The summed E-state index contributed by atoms with van der Waals surface area (Å²) in [6, 6.07) is 1.70. The van der Waals surface area contributed by atoms with E-state index in [2.05, 4.69) is 0 Å². The number of ether oxygens (including phenoxy) is 7. The smallest absolute Gasteiger partial charge is 0.335 e. The van der Waals surface area contributed by atoms with E-state index in [-0.39, 0.29) is 19.5 Å². The van der Waals surface area contributed by atoms with Crippen molar-refractivity contribution in [1.82, 2.24) is 0 Å². The number of rotatable bonds is 15. The van der Waals surface area contributed by atoms with Crippen LogP contribution in [0.1, 0.15) is 85.6 Å². The molecule has 0 bridgehead atoms. The van der Waals surface area contributed by atoms with Gasteiger partial charge in [0, 0.05) is 49.5 Å². The zero-order valence-electron chi connectivity index (χ0n) is 32.9. The van der Waals surface area contributed by atoms with Gasteiger partial charge in [0.2, 0.25) is 0 Å². The van der Waals surface area contributed by atoms with Gasteiger partial charge in [-0.1, -0.05) is 34.1 Å². The van der Waals surface area contributed by atoms with E-state index in [1.807, 2.05) is 0 Å². The lowest BCUT2D eigenvalue weighted by Crippen LogP contribution is -2.65. The van der Waals surface area contributed by atoms with Crippen molar-refractivity contribution in [3.8, 4) is 0 Å². The SMILES string of the molecule is CCC(C)C(O)C(=O)O[C@H]1[C@H](OC=O)[C@H]([C@@]2(C)[C@@H](OC(C)=O)CC(=O)O[C@](C)(COC(C)=O)[C@@H]2CC(=O)OC)C(COC)=C2[C@H](O)C[C@@H](c3ccoc3)[C@@]21C. The lowest BCUT2D eigenvalue weighted by Gasteiger charge is -2.58. The van der Waals surface area contributed by atoms with E-state index in [0.717, 1.165) is 21.0 Å². The Morgan fingerprint density at radius 2 is 1.78 bits per heavy atom. The molecule has 2 N–H and O–H groups in total. The van der Waals surface area contributed by atoms with Crippen LogP contribution in [0.25, 0.3) is 0 Å². The summed E-state index contributed by atoms with van der Waals surface area (Å²) < 4.78 is 46.0. The number of cyclic esters (lactones) is 1. The molecule has 1 aromatic heterocycles. The second-order valence-electron chi connectivity index (χ2n) is 15.4. The first kappa shape index (κ1) is 43.4. The van der Waals surface area contributed by atoms with Gasteiger partial charge in [0.25, 0.3) is 6.47 Å². The Labute approximate surface area is 320 Å². The average molecular weight is 779 g/mol. The van der Waals surface area contributed by atoms with Gasteiger partial charge in [-0.15, -0.1) is 0 Å². The molecule has 306 valence electrons. The highest BCUT2D eigenvalue weighted by atomic mass is 16.6. The topological polar surface area (TPSA) is 221 Å². The van der Waals surface area contributed by atoms with Crippen molar-refractivity contribution in [3.05, 3.63) is 35.3 Å². The molecule has 0 spiro atoms. The highest BCUT2D eigenvalue weighted by Crippen LogP contribution is 2.66. The standard InChI is InChI=1S/C39H54O16/c1-10-20(2)33(46)36(47)54-35-34(52-19-40)32(24(17-48-8)31-26(43)13-25(38(31,35)6)23-11-12-50-16-23)39(7)27(14-29(44)49-9)37(5,18-51-21(3)41)55-30(45)15-28(39)53-22(4)42/h11-12,16,19-20,25-28,32-35,43,46H,10,13-15,17-18H2,1-9H3/t20?,25-,26+,27-,28-,32+,33?,34+,35-,37+,38-,39+/m0/s1. The summed E-state index contributed by atoms with van der Waals surface area (Å²) in [5.74, 6) is -7.89. The molecule has 0 aromatic carbocycles. The van der Waals surface area contributed by atoms with Gasteiger partial charge < -0.3 is 47.8 Å². The van der Waals surface area contributed by atoms with E-state index in [4.69, 9.17) is 37.6 Å². The van der Waals surface area contributed by atoms with Gasteiger partial charge in [-0.05, 0) is 42.0 Å². The maximum Gasteiger partial charge on any atom is 0.335 e. The molecule has 55 heavy (non-hydrogen) atoms. The zero-order valence-corrected chi connectivity index (χ0v) is 32.9. The van der Waals surface area contributed by atoms with Gasteiger partial charge in [-0.25, -0.2) is 4.79 Å². The van der Waals surface area contributed by atoms with Crippen LogP contribution in [-0.2, 0) is 61.9 Å². The summed E-state index contributed by atoms with van der Waals surface area (Å²) in [5.41, 5.74) is -3.59. The van der Waals surface area contributed by atoms with Crippen molar-refractivity contribution >= 4 is 36.3 Å². The summed E-state index contributed by atoms with van der Waals surface area (Å²) in [5, 5.41) is 23.2. The molecular formula is C39H54O16. The van der Waals surface area contributed by atoms with Gasteiger partial charge in [-0.2, -0.15) is 0 Å². The molecule has 4 rings (SSSR count). The first-order valence-electron chi connectivity index (χ1n) is 18.3. The molecule has 2 fully saturated rings. The molecule has 0 radical (unpaired) electrons. The quantitative estimate of drug-likeness (QED) is 0.113. The lowest BCUT2D eigenvalue weighted by molar-refractivity contribution is -0.212. The molecule has 2 aliphatic carbocycles. The molecule has 2 heterocycles. The molecule has 1 saturated carbocycles. The molecule has 16 nitrogen and oxygen atoms in total. The fraction of sp³-hybridized carbons (Fsp3) is 0.692.